The average Bonchev–Trinajstić information content (AvgIpc) is 2.19. The Labute approximate surface area is 78.3 Å². The lowest BCUT2D eigenvalue weighted by Gasteiger charge is -2.01. The van der Waals surface area contributed by atoms with Crippen LogP contribution < -0.4 is 16.6 Å². The van der Waals surface area contributed by atoms with Crippen molar-refractivity contribution in [2.45, 2.75) is 0 Å². The molecule has 68 valence electrons. The molecule has 1 rings (SSSR count). The molecule has 13 heavy (non-hydrogen) atoms. The predicted molar refractivity (Wildman–Crippen MR) is 55.1 cm³/mol. The summed E-state index contributed by atoms with van der Waals surface area (Å²) in [4.78, 5) is 0. The zero-order valence-corrected chi connectivity index (χ0v) is 7.59. The molecule has 3 nitrogen and oxygen atoms in total. The molecule has 0 spiro atoms. The van der Waals surface area contributed by atoms with E-state index in [0.29, 0.717) is 6.54 Å². The summed E-state index contributed by atoms with van der Waals surface area (Å²) < 4.78 is 0. The normalized spacial score (nSPS) is 8.77. The van der Waals surface area contributed by atoms with Crippen LogP contribution in [0, 0.1) is 11.8 Å². The van der Waals surface area contributed by atoms with E-state index in [1.54, 1.807) is 0 Å². The van der Waals surface area contributed by atoms with E-state index >= 15 is 0 Å². The molecule has 0 aliphatic heterocycles. The first kappa shape index (κ1) is 9.59. The van der Waals surface area contributed by atoms with Crippen LogP contribution in [0.5, 0.6) is 0 Å². The number of hydrazine groups is 1. The van der Waals surface area contributed by atoms with Gasteiger partial charge in [0.25, 0.3) is 0 Å². The summed E-state index contributed by atoms with van der Waals surface area (Å²) in [6, 6.07) is 7.67. The lowest BCUT2D eigenvalue weighted by Crippen LogP contribution is -2.08. The average molecular weight is 175 g/mol. The van der Waals surface area contributed by atoms with Gasteiger partial charge < -0.3 is 10.7 Å². The molecule has 0 atom stereocenters. The van der Waals surface area contributed by atoms with E-state index in [1.165, 1.54) is 0 Å². The van der Waals surface area contributed by atoms with Crippen molar-refractivity contribution in [3.05, 3.63) is 29.8 Å². The fourth-order valence-electron chi connectivity index (χ4n) is 0.946. The van der Waals surface area contributed by atoms with E-state index in [0.717, 1.165) is 11.3 Å². The number of benzene rings is 1. The zero-order valence-electron chi connectivity index (χ0n) is 7.59. The van der Waals surface area contributed by atoms with Crippen molar-refractivity contribution >= 4 is 5.69 Å². The van der Waals surface area contributed by atoms with Crippen LogP contribution in [-0.4, -0.2) is 13.6 Å². The maximum absolute atomic E-state index is 5.32. The standard InChI is InChI=1S/C10H13N3/c1-12-8-4-6-9-5-2-3-7-10(9)13-11/h2-3,5,7,12-13H,8,11H2,1H3. The largest absolute Gasteiger partial charge is 0.323 e. The second-order valence-corrected chi connectivity index (χ2v) is 2.52. The first-order valence-electron chi connectivity index (χ1n) is 4.07. The Morgan fingerprint density at radius 3 is 2.85 bits per heavy atom. The van der Waals surface area contributed by atoms with E-state index in [1.807, 2.05) is 31.3 Å². The fourth-order valence-corrected chi connectivity index (χ4v) is 0.946. The number of nitrogens with two attached hydrogens (primary N) is 1. The van der Waals surface area contributed by atoms with E-state index in [4.69, 9.17) is 5.84 Å². The highest BCUT2D eigenvalue weighted by Crippen LogP contribution is 2.11. The maximum Gasteiger partial charge on any atom is 0.0641 e. The van der Waals surface area contributed by atoms with Crippen LogP contribution in [-0.2, 0) is 0 Å². The summed E-state index contributed by atoms with van der Waals surface area (Å²) in [5, 5.41) is 2.95. The van der Waals surface area contributed by atoms with Crippen LogP contribution in [0.1, 0.15) is 5.56 Å². The molecule has 0 aliphatic carbocycles. The molecule has 0 aromatic heterocycles. The summed E-state index contributed by atoms with van der Waals surface area (Å²) in [6.45, 7) is 0.679. The minimum Gasteiger partial charge on any atom is -0.323 e. The molecule has 0 unspecified atom stereocenters. The van der Waals surface area contributed by atoms with Gasteiger partial charge in [0.2, 0.25) is 0 Å². The third-order valence-corrected chi connectivity index (χ3v) is 1.57. The maximum atomic E-state index is 5.32. The minimum absolute atomic E-state index is 0.679. The fraction of sp³-hybridized carbons (Fsp3) is 0.200. The number of nitrogens with one attached hydrogen (secondary N) is 2. The van der Waals surface area contributed by atoms with Crippen molar-refractivity contribution in [3.63, 3.8) is 0 Å². The number of nitrogen functional groups attached to an aromatic ring is 1. The lowest BCUT2D eigenvalue weighted by molar-refractivity contribution is 0.938. The Kier molecular flexibility index (Phi) is 3.83. The number of rotatable bonds is 2. The van der Waals surface area contributed by atoms with Gasteiger partial charge in [0.1, 0.15) is 0 Å². The molecule has 0 bridgehead atoms. The third kappa shape index (κ3) is 2.79. The Morgan fingerprint density at radius 2 is 2.15 bits per heavy atom. The molecule has 0 aliphatic rings. The van der Waals surface area contributed by atoms with Crippen LogP contribution >= 0.6 is 0 Å². The van der Waals surface area contributed by atoms with Gasteiger partial charge in [-0.2, -0.15) is 0 Å². The van der Waals surface area contributed by atoms with Crippen LogP contribution in [0.15, 0.2) is 24.3 Å². The van der Waals surface area contributed by atoms with E-state index < -0.39 is 0 Å². The Hall–Kier alpha value is -1.50. The number of hydrogen-bond donors (Lipinski definition) is 3. The van der Waals surface area contributed by atoms with Crippen molar-refractivity contribution in [2.24, 2.45) is 5.84 Å². The number of hydrogen-bond acceptors (Lipinski definition) is 3. The van der Waals surface area contributed by atoms with Gasteiger partial charge in [0, 0.05) is 5.56 Å². The van der Waals surface area contributed by atoms with Gasteiger partial charge in [-0.1, -0.05) is 24.0 Å². The summed E-state index contributed by atoms with van der Waals surface area (Å²) in [6.07, 6.45) is 0. The SMILES string of the molecule is CNCC#Cc1ccccc1NN. The first-order chi connectivity index (χ1) is 6.38. The number of anilines is 1. The third-order valence-electron chi connectivity index (χ3n) is 1.57. The van der Waals surface area contributed by atoms with Gasteiger partial charge in [-0.15, -0.1) is 0 Å². The highest BCUT2D eigenvalue weighted by atomic mass is 15.2. The molecule has 0 fully saturated rings. The zero-order chi connectivity index (χ0) is 9.52. The van der Waals surface area contributed by atoms with E-state index in [9.17, 15) is 0 Å². The van der Waals surface area contributed by atoms with Gasteiger partial charge in [0.05, 0.1) is 12.2 Å². The molecule has 1 aromatic rings. The van der Waals surface area contributed by atoms with Crippen molar-refractivity contribution in [3.8, 4) is 11.8 Å². The Balaban J connectivity index is 2.82. The second-order valence-electron chi connectivity index (χ2n) is 2.52. The molecular formula is C10H13N3. The topological polar surface area (TPSA) is 50.1 Å². The van der Waals surface area contributed by atoms with Gasteiger partial charge in [-0.3, -0.25) is 5.84 Å². The predicted octanol–water partition coefficient (Wildman–Crippen LogP) is 0.543. The van der Waals surface area contributed by atoms with E-state index in [2.05, 4.69) is 22.6 Å². The van der Waals surface area contributed by atoms with Crippen molar-refractivity contribution < 1.29 is 0 Å². The second kappa shape index (κ2) is 5.20. The molecular weight excluding hydrogens is 162 g/mol. The molecule has 0 saturated heterocycles. The van der Waals surface area contributed by atoms with Crippen molar-refractivity contribution in [2.75, 3.05) is 19.0 Å². The van der Waals surface area contributed by atoms with Gasteiger partial charge >= 0.3 is 0 Å². The monoisotopic (exact) mass is 175 g/mol. The molecule has 0 radical (unpaired) electrons. The summed E-state index contributed by atoms with van der Waals surface area (Å²) in [5.41, 5.74) is 4.37. The lowest BCUT2D eigenvalue weighted by atomic mass is 10.2. The highest BCUT2D eigenvalue weighted by molar-refractivity contribution is 5.58. The molecule has 0 saturated carbocycles. The molecule has 3 heteroatoms. The minimum atomic E-state index is 0.679. The first-order valence-corrected chi connectivity index (χ1v) is 4.07. The molecule has 4 N–H and O–H groups in total. The summed E-state index contributed by atoms with van der Waals surface area (Å²) in [7, 11) is 1.86. The Morgan fingerprint density at radius 1 is 1.38 bits per heavy atom. The van der Waals surface area contributed by atoms with Crippen LogP contribution in [0.4, 0.5) is 5.69 Å². The van der Waals surface area contributed by atoms with Gasteiger partial charge in [-0.25, -0.2) is 0 Å². The van der Waals surface area contributed by atoms with E-state index in [-0.39, 0.29) is 0 Å². The van der Waals surface area contributed by atoms with Crippen LogP contribution in [0.3, 0.4) is 0 Å². The molecule has 0 amide bonds. The Bertz CT molecular complexity index is 322. The summed E-state index contributed by atoms with van der Waals surface area (Å²) in [5.74, 6) is 11.3. The number of para-hydroxylation sites is 1. The molecule has 0 heterocycles. The van der Waals surface area contributed by atoms with Gasteiger partial charge in [0.15, 0.2) is 0 Å². The quantitative estimate of drug-likeness (QED) is 0.349. The van der Waals surface area contributed by atoms with Gasteiger partial charge in [-0.05, 0) is 19.2 Å². The summed E-state index contributed by atoms with van der Waals surface area (Å²) >= 11 is 0. The smallest absolute Gasteiger partial charge is 0.0641 e. The highest BCUT2D eigenvalue weighted by Gasteiger charge is 1.93. The van der Waals surface area contributed by atoms with Crippen LogP contribution in [0.2, 0.25) is 0 Å². The van der Waals surface area contributed by atoms with Crippen molar-refractivity contribution in [1.29, 1.82) is 0 Å². The van der Waals surface area contributed by atoms with Crippen molar-refractivity contribution in [1.82, 2.24) is 5.32 Å². The molecule has 1 aromatic carbocycles. The van der Waals surface area contributed by atoms with Crippen LogP contribution in [0.25, 0.3) is 0 Å².